The zero-order chi connectivity index (χ0) is 36.9. The number of nitrogens with zero attached hydrogens (tertiary/aromatic N) is 3. The summed E-state index contributed by atoms with van der Waals surface area (Å²) in [5.74, 6) is 0.329. The van der Waals surface area contributed by atoms with Crippen molar-refractivity contribution in [1.29, 1.82) is 0 Å². The molecule has 4 aromatic rings. The molecule has 3 saturated heterocycles. The maximum atomic E-state index is 14.2. The van der Waals surface area contributed by atoms with Crippen molar-refractivity contribution in [3.8, 4) is 11.5 Å². The van der Waals surface area contributed by atoms with E-state index in [1.807, 2.05) is 0 Å². The van der Waals surface area contributed by atoms with E-state index in [1.54, 1.807) is 42.5 Å². The van der Waals surface area contributed by atoms with Gasteiger partial charge in [-0.15, -0.1) is 0 Å². The molecule has 10 nitrogen and oxygen atoms in total. The molecule has 2 atom stereocenters. The number of ether oxygens (including phenoxy) is 4. The zero-order valence-electron chi connectivity index (χ0n) is 28.5. The molecule has 3 aliphatic heterocycles. The maximum absolute atomic E-state index is 14.2. The molecule has 3 fully saturated rings. The van der Waals surface area contributed by atoms with Gasteiger partial charge in [0.05, 0.1) is 32.0 Å². The molecule has 2 bridgehead atoms. The summed E-state index contributed by atoms with van der Waals surface area (Å²) in [4.78, 5) is 31.1. The van der Waals surface area contributed by atoms with E-state index in [0.717, 1.165) is 38.3 Å². The fourth-order valence-electron chi connectivity index (χ4n) is 6.77. The molecule has 1 amide bonds. The van der Waals surface area contributed by atoms with Gasteiger partial charge >= 0.3 is 12.1 Å². The Morgan fingerprint density at radius 3 is 2.33 bits per heavy atom. The van der Waals surface area contributed by atoms with Crippen LogP contribution in [0, 0.1) is 11.1 Å². The standard InChI is InChI=1S/C38H37Cl2F2N3O7/c1-49-32-11-10-25(17-34(32)50-2)33(18-28-29(39)20-44(48)21-30(28)40)51-37(46)26-7-5-6-23(16-26)19-45(31-9-4-3-8-27(31)36(41)42)38(47)52-35-22-43-14-12-24(35)13-15-43/h3-11,16-17,20-21,24,33,35-36H,12-15,18-19,22H2,1-2H3/t33-,35-/m0/s1. The molecule has 14 heteroatoms. The lowest BCUT2D eigenvalue weighted by Crippen LogP contribution is -2.53. The Hall–Kier alpha value is -4.65. The number of fused-ring (bicyclic) bond motifs is 3. The van der Waals surface area contributed by atoms with Gasteiger partial charge in [-0.3, -0.25) is 9.80 Å². The minimum Gasteiger partial charge on any atom is -0.619 e. The van der Waals surface area contributed by atoms with Gasteiger partial charge in [-0.25, -0.2) is 18.4 Å². The van der Waals surface area contributed by atoms with Gasteiger partial charge < -0.3 is 24.2 Å². The van der Waals surface area contributed by atoms with E-state index in [2.05, 4.69) is 4.90 Å². The van der Waals surface area contributed by atoms with Crippen molar-refractivity contribution in [3.63, 3.8) is 0 Å². The first-order valence-electron chi connectivity index (χ1n) is 16.7. The number of para-hydroxylation sites is 1. The average Bonchev–Trinajstić information content (AvgIpc) is 3.15. The normalized spacial score (nSPS) is 18.5. The van der Waals surface area contributed by atoms with Gasteiger partial charge in [0.2, 0.25) is 0 Å². The third-order valence-electron chi connectivity index (χ3n) is 9.51. The number of pyridine rings is 1. The molecule has 0 radical (unpaired) electrons. The van der Waals surface area contributed by atoms with Crippen molar-refractivity contribution in [2.45, 2.75) is 44.4 Å². The number of halogens is 4. The van der Waals surface area contributed by atoms with E-state index >= 15 is 0 Å². The highest BCUT2D eigenvalue weighted by Crippen LogP contribution is 2.37. The van der Waals surface area contributed by atoms with Crippen molar-refractivity contribution in [3.05, 3.63) is 122 Å². The number of piperidine rings is 3. The zero-order valence-corrected chi connectivity index (χ0v) is 30.0. The summed E-state index contributed by atoms with van der Waals surface area (Å²) in [6.45, 7) is 2.32. The van der Waals surface area contributed by atoms with Crippen molar-refractivity contribution in [2.75, 3.05) is 38.8 Å². The minimum absolute atomic E-state index is 0.00302. The number of benzene rings is 3. The molecule has 0 aliphatic carbocycles. The van der Waals surface area contributed by atoms with Crippen molar-refractivity contribution in [1.82, 2.24) is 4.90 Å². The third-order valence-corrected chi connectivity index (χ3v) is 10.2. The number of carbonyl (C=O) groups is 2. The lowest BCUT2D eigenvalue weighted by atomic mass is 9.86. The number of rotatable bonds is 12. The Kier molecular flexibility index (Phi) is 11.7. The summed E-state index contributed by atoms with van der Waals surface area (Å²) in [6.07, 6.45) is -0.784. The third kappa shape index (κ3) is 8.35. The summed E-state index contributed by atoms with van der Waals surface area (Å²) < 4.78 is 51.8. The van der Waals surface area contributed by atoms with E-state index in [1.165, 1.54) is 43.4 Å². The highest BCUT2D eigenvalue weighted by Gasteiger charge is 2.38. The van der Waals surface area contributed by atoms with Crippen molar-refractivity contribution < 1.29 is 42.0 Å². The smallest absolute Gasteiger partial charge is 0.414 e. The molecule has 274 valence electrons. The van der Waals surface area contributed by atoms with E-state index in [0.29, 0.717) is 39.5 Å². The van der Waals surface area contributed by atoms with Gasteiger partial charge in [0.1, 0.15) is 22.3 Å². The van der Waals surface area contributed by atoms with Crippen molar-refractivity contribution in [2.24, 2.45) is 5.92 Å². The molecular formula is C38H37Cl2F2N3O7. The van der Waals surface area contributed by atoms with Gasteiger partial charge in [-0.1, -0.05) is 59.6 Å². The Balaban J connectivity index is 1.29. The first-order chi connectivity index (χ1) is 25.0. The van der Waals surface area contributed by atoms with Crippen LogP contribution in [0.3, 0.4) is 0 Å². The SMILES string of the molecule is COc1ccc([C@H](Cc2c(Cl)c[n+]([O-])cc2Cl)OC(=O)c2cccc(CN(C(=O)O[C@H]3CN4CCC3CC4)c3ccccc3C(F)F)c2)cc1OC. The summed E-state index contributed by atoms with van der Waals surface area (Å²) in [5, 5.41) is 12.1. The van der Waals surface area contributed by atoms with Gasteiger partial charge in [-0.05, 0) is 73.3 Å². The molecule has 0 N–H and O–H groups in total. The molecular weight excluding hydrogens is 719 g/mol. The second-order valence-corrected chi connectivity index (χ2v) is 13.5. The molecule has 1 aromatic heterocycles. The average molecular weight is 757 g/mol. The number of hydrogen-bond donors (Lipinski definition) is 0. The first-order valence-corrected chi connectivity index (χ1v) is 17.5. The summed E-state index contributed by atoms with van der Waals surface area (Å²) in [7, 11) is 2.97. The van der Waals surface area contributed by atoms with Gasteiger partial charge in [0.15, 0.2) is 23.9 Å². The molecule has 52 heavy (non-hydrogen) atoms. The monoisotopic (exact) mass is 755 g/mol. The Morgan fingerprint density at radius 2 is 1.67 bits per heavy atom. The topological polar surface area (TPSA) is 104 Å². The van der Waals surface area contributed by atoms with Gasteiger partial charge in [-0.2, -0.15) is 4.73 Å². The second-order valence-electron chi connectivity index (χ2n) is 12.7. The van der Waals surface area contributed by atoms with Crippen LogP contribution >= 0.6 is 23.2 Å². The summed E-state index contributed by atoms with van der Waals surface area (Å²) >= 11 is 12.8. The van der Waals surface area contributed by atoms with E-state index in [9.17, 15) is 23.6 Å². The van der Waals surface area contributed by atoms with Gasteiger partial charge in [0.25, 0.3) is 6.43 Å². The van der Waals surface area contributed by atoms with Gasteiger partial charge in [0, 0.05) is 24.1 Å². The molecule has 4 heterocycles. The molecule has 3 aliphatic rings. The van der Waals surface area contributed by atoms with Crippen molar-refractivity contribution >= 4 is 41.0 Å². The van der Waals surface area contributed by atoms with Crippen LogP contribution in [-0.4, -0.2) is 56.9 Å². The number of carbonyl (C=O) groups excluding carboxylic acids is 2. The van der Waals surface area contributed by atoms with Crippen LogP contribution in [0.1, 0.15) is 58.0 Å². The molecule has 0 unspecified atom stereocenters. The Morgan fingerprint density at radius 1 is 0.962 bits per heavy atom. The number of hydrogen-bond acceptors (Lipinski definition) is 8. The van der Waals surface area contributed by atoms with Crippen LogP contribution in [0.2, 0.25) is 10.0 Å². The predicted molar refractivity (Wildman–Crippen MR) is 190 cm³/mol. The van der Waals surface area contributed by atoms with Crippen LogP contribution in [0.5, 0.6) is 11.5 Å². The highest BCUT2D eigenvalue weighted by atomic mass is 35.5. The number of alkyl halides is 2. The Labute approximate surface area is 309 Å². The fraction of sp³-hybridized carbons (Fsp3) is 0.342. The first kappa shape index (κ1) is 37.1. The van der Waals surface area contributed by atoms with E-state index in [4.69, 9.17) is 42.1 Å². The largest absolute Gasteiger partial charge is 0.619 e. The lowest BCUT2D eigenvalue weighted by molar-refractivity contribution is -0.605. The van der Waals surface area contributed by atoms with Crippen LogP contribution < -0.4 is 19.1 Å². The van der Waals surface area contributed by atoms with E-state index < -0.39 is 24.6 Å². The highest BCUT2D eigenvalue weighted by molar-refractivity contribution is 6.35. The molecule has 0 spiro atoms. The van der Waals surface area contributed by atoms with Crippen LogP contribution in [0.4, 0.5) is 19.3 Å². The van der Waals surface area contributed by atoms with Crippen LogP contribution in [0.25, 0.3) is 0 Å². The fourth-order valence-corrected chi connectivity index (χ4v) is 7.37. The van der Waals surface area contributed by atoms with Crippen LogP contribution in [0.15, 0.2) is 79.1 Å². The Bertz CT molecular complexity index is 1900. The number of aromatic nitrogens is 1. The number of amides is 1. The molecule has 7 rings (SSSR count). The maximum Gasteiger partial charge on any atom is 0.414 e. The predicted octanol–water partition coefficient (Wildman–Crippen LogP) is 7.96. The number of anilines is 1. The summed E-state index contributed by atoms with van der Waals surface area (Å²) in [6, 6.07) is 17.2. The van der Waals surface area contributed by atoms with Crippen LogP contribution in [-0.2, 0) is 22.4 Å². The van der Waals surface area contributed by atoms with E-state index in [-0.39, 0.29) is 51.8 Å². The summed E-state index contributed by atoms with van der Waals surface area (Å²) in [5.41, 5.74) is 1.22. The second kappa shape index (κ2) is 16.4. The minimum atomic E-state index is -2.84. The lowest BCUT2D eigenvalue weighted by Gasteiger charge is -2.44. The molecule has 3 aromatic carbocycles. The molecule has 0 saturated carbocycles. The quantitative estimate of drug-likeness (QED) is 0.0816. The number of methoxy groups -OCH3 is 2. The number of esters is 1.